The largest absolute Gasteiger partial charge is 0.394 e. The van der Waals surface area contributed by atoms with Crippen molar-refractivity contribution >= 4 is 23.2 Å². The van der Waals surface area contributed by atoms with E-state index in [1.807, 2.05) is 42.5 Å². The molecule has 1 amide bonds. The normalized spacial score (nSPS) is 20.6. The molecule has 2 N–H and O–H groups in total. The van der Waals surface area contributed by atoms with E-state index in [-0.39, 0.29) is 5.91 Å². The molecule has 0 aromatic heterocycles. The minimum absolute atomic E-state index is 0.0146. The summed E-state index contributed by atoms with van der Waals surface area (Å²) in [5, 5.41) is 21.0. The summed E-state index contributed by atoms with van der Waals surface area (Å²) in [6.45, 7) is -0.417. The van der Waals surface area contributed by atoms with Crippen molar-refractivity contribution in [2.45, 2.75) is 49.7 Å². The number of carbonyl (C=O) groups excluding carboxylic acids is 1. The first kappa shape index (κ1) is 18.5. The Balaban J connectivity index is 1.88. The zero-order valence-electron chi connectivity index (χ0n) is 15.1. The summed E-state index contributed by atoms with van der Waals surface area (Å²) in [5.74, 6) is 0.0146. The maximum Gasteiger partial charge on any atom is 0.238 e. The Bertz CT molecular complexity index is 833. The standard InChI is InChI=1S/C22H24ClNO3/c23-16-9-10-18-17(13-16)22(11-5-2-6-12-22)21(27)24(18)20(19(26)14-25)15-7-3-1-4-8-15/h1,3-4,7-10,13,19-20,25-26H,2,5-6,11-12,14H2/t19-,20+/m1/s1. The fourth-order valence-electron chi connectivity index (χ4n) is 4.76. The third-order valence-electron chi connectivity index (χ3n) is 6.04. The Kier molecular flexibility index (Phi) is 4.97. The summed E-state index contributed by atoms with van der Waals surface area (Å²) in [6, 6.07) is 14.4. The molecular weight excluding hydrogens is 362 g/mol. The number of nitrogens with zero attached hydrogens (tertiary/aromatic N) is 1. The van der Waals surface area contributed by atoms with Crippen molar-refractivity contribution < 1.29 is 15.0 Å². The first-order valence-corrected chi connectivity index (χ1v) is 9.94. The number of aliphatic hydroxyl groups excluding tert-OH is 2. The highest BCUT2D eigenvalue weighted by atomic mass is 35.5. The lowest BCUT2D eigenvalue weighted by Crippen LogP contribution is -2.46. The van der Waals surface area contributed by atoms with Crippen LogP contribution in [0, 0.1) is 0 Å². The summed E-state index contributed by atoms with van der Waals surface area (Å²) in [6.07, 6.45) is 3.66. The molecule has 142 valence electrons. The maximum absolute atomic E-state index is 13.8. The van der Waals surface area contributed by atoms with Crippen molar-refractivity contribution in [3.8, 4) is 0 Å². The molecule has 0 unspecified atom stereocenters. The van der Waals surface area contributed by atoms with Gasteiger partial charge in [-0.25, -0.2) is 0 Å². The minimum atomic E-state index is -1.07. The van der Waals surface area contributed by atoms with Crippen molar-refractivity contribution in [2.75, 3.05) is 11.5 Å². The van der Waals surface area contributed by atoms with E-state index >= 15 is 0 Å². The average Bonchev–Trinajstić information content (AvgIpc) is 2.92. The highest BCUT2D eigenvalue weighted by Gasteiger charge is 2.53. The topological polar surface area (TPSA) is 60.8 Å². The highest BCUT2D eigenvalue weighted by Crippen LogP contribution is 2.53. The number of carbonyl (C=O) groups is 1. The molecule has 0 radical (unpaired) electrons. The lowest BCUT2D eigenvalue weighted by atomic mass is 9.70. The van der Waals surface area contributed by atoms with Crippen LogP contribution < -0.4 is 4.90 Å². The van der Waals surface area contributed by atoms with Gasteiger partial charge in [0.25, 0.3) is 0 Å². The summed E-state index contributed by atoms with van der Waals surface area (Å²) in [5.41, 5.74) is 2.00. The first-order chi connectivity index (χ1) is 13.1. The molecule has 0 bridgehead atoms. The molecule has 2 aliphatic rings. The molecule has 0 saturated heterocycles. The fraction of sp³-hybridized carbons (Fsp3) is 0.409. The molecule has 1 fully saturated rings. The second kappa shape index (κ2) is 7.27. The van der Waals surface area contributed by atoms with Crippen LogP contribution in [0.4, 0.5) is 5.69 Å². The van der Waals surface area contributed by atoms with Crippen molar-refractivity contribution in [3.05, 3.63) is 64.7 Å². The van der Waals surface area contributed by atoms with Gasteiger partial charge in [-0.2, -0.15) is 0 Å². The summed E-state index contributed by atoms with van der Waals surface area (Å²) in [7, 11) is 0. The monoisotopic (exact) mass is 385 g/mol. The molecule has 2 aromatic carbocycles. The van der Waals surface area contributed by atoms with Crippen molar-refractivity contribution in [2.24, 2.45) is 0 Å². The van der Waals surface area contributed by atoms with E-state index in [4.69, 9.17) is 11.6 Å². The van der Waals surface area contributed by atoms with Gasteiger partial charge in [-0.1, -0.05) is 61.2 Å². The van der Waals surface area contributed by atoms with E-state index in [1.165, 1.54) is 0 Å². The van der Waals surface area contributed by atoms with Crippen molar-refractivity contribution in [3.63, 3.8) is 0 Å². The van der Waals surface area contributed by atoms with Crippen LogP contribution >= 0.6 is 11.6 Å². The fourth-order valence-corrected chi connectivity index (χ4v) is 4.94. The van der Waals surface area contributed by atoms with E-state index in [9.17, 15) is 15.0 Å². The highest BCUT2D eigenvalue weighted by molar-refractivity contribution is 6.31. The van der Waals surface area contributed by atoms with Crippen molar-refractivity contribution in [1.82, 2.24) is 0 Å². The molecule has 5 heteroatoms. The molecule has 1 spiro atoms. The zero-order chi connectivity index (χ0) is 19.0. The van der Waals surface area contributed by atoms with Crippen LogP contribution in [0.3, 0.4) is 0 Å². The van der Waals surface area contributed by atoms with Crippen molar-refractivity contribution in [1.29, 1.82) is 0 Å². The van der Waals surface area contributed by atoms with Gasteiger partial charge < -0.3 is 15.1 Å². The molecule has 27 heavy (non-hydrogen) atoms. The second-order valence-electron chi connectivity index (χ2n) is 7.58. The number of hydrogen-bond donors (Lipinski definition) is 2. The summed E-state index contributed by atoms with van der Waals surface area (Å²) >= 11 is 6.29. The molecule has 4 nitrogen and oxygen atoms in total. The molecule has 2 aromatic rings. The van der Waals surface area contributed by atoms with Gasteiger partial charge in [0.15, 0.2) is 0 Å². The molecule has 2 atom stereocenters. The van der Waals surface area contributed by atoms with Gasteiger partial charge in [-0.05, 0) is 42.2 Å². The van der Waals surface area contributed by atoms with Crippen LogP contribution in [0.2, 0.25) is 5.02 Å². The number of fused-ring (bicyclic) bond motifs is 2. The average molecular weight is 386 g/mol. The van der Waals surface area contributed by atoms with Gasteiger partial charge in [0.2, 0.25) is 5.91 Å². The van der Waals surface area contributed by atoms with E-state index in [1.54, 1.807) is 11.0 Å². The zero-order valence-corrected chi connectivity index (χ0v) is 15.9. The predicted molar refractivity (Wildman–Crippen MR) is 106 cm³/mol. The van der Waals surface area contributed by atoms with Gasteiger partial charge in [-0.3, -0.25) is 4.79 Å². The minimum Gasteiger partial charge on any atom is -0.394 e. The number of benzene rings is 2. The third-order valence-corrected chi connectivity index (χ3v) is 6.27. The van der Waals surface area contributed by atoms with Crippen LogP contribution in [0.25, 0.3) is 0 Å². The third kappa shape index (κ3) is 2.96. The SMILES string of the molecule is O=C1N([C@@H](c2ccccc2)[C@H](O)CO)c2ccc(Cl)cc2C12CCCCC2. The number of hydrogen-bond acceptors (Lipinski definition) is 3. The molecule has 1 aliphatic heterocycles. The first-order valence-electron chi connectivity index (χ1n) is 9.56. The Morgan fingerprint density at radius 1 is 1.07 bits per heavy atom. The molecule has 1 aliphatic carbocycles. The smallest absolute Gasteiger partial charge is 0.238 e. The number of amides is 1. The van der Waals surface area contributed by atoms with Gasteiger partial charge in [0, 0.05) is 10.7 Å². The van der Waals surface area contributed by atoms with Gasteiger partial charge in [0.1, 0.15) is 6.10 Å². The van der Waals surface area contributed by atoms with Crippen LogP contribution in [0.15, 0.2) is 48.5 Å². The quantitative estimate of drug-likeness (QED) is 0.836. The van der Waals surface area contributed by atoms with E-state index in [0.29, 0.717) is 5.02 Å². The van der Waals surface area contributed by atoms with Gasteiger partial charge in [-0.15, -0.1) is 0 Å². The van der Waals surface area contributed by atoms with E-state index in [2.05, 4.69) is 0 Å². The molecule has 1 saturated carbocycles. The Hall–Kier alpha value is -1.88. The lowest BCUT2D eigenvalue weighted by Gasteiger charge is -2.36. The van der Waals surface area contributed by atoms with Gasteiger partial charge >= 0.3 is 0 Å². The summed E-state index contributed by atoms with van der Waals surface area (Å²) in [4.78, 5) is 15.5. The number of halogens is 1. The Morgan fingerprint density at radius 2 is 1.78 bits per heavy atom. The van der Waals surface area contributed by atoms with E-state index < -0.39 is 24.2 Å². The van der Waals surface area contributed by atoms with Gasteiger partial charge in [0.05, 0.1) is 18.1 Å². The number of aliphatic hydroxyl groups is 2. The number of anilines is 1. The van der Waals surface area contributed by atoms with E-state index in [0.717, 1.165) is 48.9 Å². The Labute approximate surface area is 164 Å². The van der Waals surface area contributed by atoms with Crippen LogP contribution in [-0.2, 0) is 10.2 Å². The predicted octanol–water partition coefficient (Wildman–Crippen LogP) is 3.98. The Morgan fingerprint density at radius 3 is 2.44 bits per heavy atom. The molecule has 1 heterocycles. The summed E-state index contributed by atoms with van der Waals surface area (Å²) < 4.78 is 0. The molecule has 4 rings (SSSR count). The van der Waals surface area contributed by atoms with Crippen LogP contribution in [0.1, 0.15) is 49.3 Å². The maximum atomic E-state index is 13.8. The van der Waals surface area contributed by atoms with Crippen LogP contribution in [0.5, 0.6) is 0 Å². The second-order valence-corrected chi connectivity index (χ2v) is 8.02. The molecular formula is C22H24ClNO3. The van der Waals surface area contributed by atoms with Crippen LogP contribution in [-0.4, -0.2) is 28.8 Å². The number of rotatable bonds is 4. The lowest BCUT2D eigenvalue weighted by molar-refractivity contribution is -0.125.